The number of carbonyl (C=O) groups excluding carboxylic acids is 2. The van der Waals surface area contributed by atoms with Crippen LogP contribution in [0.1, 0.15) is 19.8 Å². The number of imide groups is 1. The molecule has 1 aromatic carbocycles. The fraction of sp³-hybridized carbons (Fsp3) is 0.333. The molecule has 2 aliphatic rings. The largest absolute Gasteiger partial charge is 0.274 e. The van der Waals surface area contributed by atoms with E-state index < -0.39 is 4.92 Å². The number of carbonyl (C=O) groups is 2. The number of benzene rings is 1. The topological polar surface area (TPSA) is 80.5 Å². The third-order valence-electron chi connectivity index (χ3n) is 4.14. The molecule has 0 radical (unpaired) electrons. The SMILES string of the molecule is CC1=CC[C@@H]2C(=O)N(c3ccc([N+](=O)[O-])cc3)C(=O)[C@@H]2C1. The zero-order valence-corrected chi connectivity index (χ0v) is 11.5. The monoisotopic (exact) mass is 286 g/mol. The van der Waals surface area contributed by atoms with Crippen molar-refractivity contribution in [3.63, 3.8) is 0 Å². The minimum Gasteiger partial charge on any atom is -0.274 e. The van der Waals surface area contributed by atoms with Crippen LogP contribution in [0.2, 0.25) is 0 Å². The first-order chi connectivity index (χ1) is 9.99. The van der Waals surface area contributed by atoms with Crippen LogP contribution in [0.4, 0.5) is 11.4 Å². The molecule has 0 saturated carbocycles. The highest BCUT2D eigenvalue weighted by Gasteiger charge is 2.48. The molecule has 0 unspecified atom stereocenters. The standard InChI is InChI=1S/C15H14N2O4/c1-9-2-7-12-13(8-9)15(19)16(14(12)18)10-3-5-11(6-4-10)17(20)21/h2-6,12-13H,7-8H2,1H3/t12-,13+/m0/s1. The van der Waals surface area contributed by atoms with Gasteiger partial charge < -0.3 is 0 Å². The molecule has 0 spiro atoms. The lowest BCUT2D eigenvalue weighted by Crippen LogP contribution is -2.30. The number of allylic oxidation sites excluding steroid dienone is 2. The first-order valence-corrected chi connectivity index (χ1v) is 6.77. The lowest BCUT2D eigenvalue weighted by atomic mass is 9.82. The van der Waals surface area contributed by atoms with Gasteiger partial charge in [0, 0.05) is 12.1 Å². The summed E-state index contributed by atoms with van der Waals surface area (Å²) >= 11 is 0. The molecule has 1 aliphatic carbocycles. The van der Waals surface area contributed by atoms with Crippen LogP contribution in [0.3, 0.4) is 0 Å². The summed E-state index contributed by atoms with van der Waals surface area (Å²) in [7, 11) is 0. The van der Waals surface area contributed by atoms with Crippen molar-refractivity contribution in [2.24, 2.45) is 11.8 Å². The maximum Gasteiger partial charge on any atom is 0.269 e. The summed E-state index contributed by atoms with van der Waals surface area (Å²) in [6.07, 6.45) is 3.20. The van der Waals surface area contributed by atoms with Crippen LogP contribution >= 0.6 is 0 Å². The lowest BCUT2D eigenvalue weighted by Gasteiger charge is -2.18. The number of fused-ring (bicyclic) bond motifs is 1. The second-order valence-electron chi connectivity index (χ2n) is 5.49. The van der Waals surface area contributed by atoms with Gasteiger partial charge in [-0.05, 0) is 31.9 Å². The molecule has 0 bridgehead atoms. The van der Waals surface area contributed by atoms with Gasteiger partial charge in [-0.15, -0.1) is 0 Å². The molecule has 0 N–H and O–H groups in total. The van der Waals surface area contributed by atoms with Crippen LogP contribution in [0.5, 0.6) is 0 Å². The highest BCUT2D eigenvalue weighted by atomic mass is 16.6. The molecule has 3 rings (SSSR count). The van der Waals surface area contributed by atoms with E-state index in [2.05, 4.69) is 0 Å². The number of non-ortho nitro benzene ring substituents is 1. The molecule has 6 nitrogen and oxygen atoms in total. The van der Waals surface area contributed by atoms with Crippen molar-refractivity contribution in [3.8, 4) is 0 Å². The van der Waals surface area contributed by atoms with Crippen molar-refractivity contribution in [2.75, 3.05) is 4.90 Å². The summed E-state index contributed by atoms with van der Waals surface area (Å²) in [6, 6.07) is 5.51. The van der Waals surface area contributed by atoms with Crippen molar-refractivity contribution < 1.29 is 14.5 Å². The summed E-state index contributed by atoms with van der Waals surface area (Å²) < 4.78 is 0. The fourth-order valence-corrected chi connectivity index (χ4v) is 3.02. The van der Waals surface area contributed by atoms with Gasteiger partial charge in [0.2, 0.25) is 11.8 Å². The highest BCUT2D eigenvalue weighted by molar-refractivity contribution is 6.22. The molecule has 1 saturated heterocycles. The number of rotatable bonds is 2. The summed E-state index contributed by atoms with van der Waals surface area (Å²) in [5.74, 6) is -0.997. The Hall–Kier alpha value is -2.50. The van der Waals surface area contributed by atoms with Gasteiger partial charge in [-0.2, -0.15) is 0 Å². The average molecular weight is 286 g/mol. The van der Waals surface area contributed by atoms with Gasteiger partial charge in [-0.1, -0.05) is 11.6 Å². The van der Waals surface area contributed by atoms with E-state index in [9.17, 15) is 19.7 Å². The minimum absolute atomic E-state index is 0.0622. The molecular weight excluding hydrogens is 272 g/mol. The number of nitro benzene ring substituents is 1. The Morgan fingerprint density at radius 1 is 1.14 bits per heavy atom. The van der Waals surface area contributed by atoms with Crippen LogP contribution < -0.4 is 4.90 Å². The van der Waals surface area contributed by atoms with Gasteiger partial charge in [0.05, 0.1) is 22.4 Å². The van der Waals surface area contributed by atoms with Gasteiger partial charge in [0.1, 0.15) is 0 Å². The minimum atomic E-state index is -0.509. The van der Waals surface area contributed by atoms with E-state index in [0.29, 0.717) is 18.5 Å². The van der Waals surface area contributed by atoms with Gasteiger partial charge in [-0.25, -0.2) is 0 Å². The molecule has 2 atom stereocenters. The van der Waals surface area contributed by atoms with E-state index in [1.165, 1.54) is 29.2 Å². The number of nitro groups is 1. The Morgan fingerprint density at radius 2 is 1.76 bits per heavy atom. The predicted molar refractivity (Wildman–Crippen MR) is 75.6 cm³/mol. The van der Waals surface area contributed by atoms with E-state index >= 15 is 0 Å². The van der Waals surface area contributed by atoms with Crippen LogP contribution in [0.25, 0.3) is 0 Å². The van der Waals surface area contributed by atoms with Gasteiger partial charge in [-0.3, -0.25) is 24.6 Å². The molecule has 6 heteroatoms. The quantitative estimate of drug-likeness (QED) is 0.362. The van der Waals surface area contributed by atoms with Gasteiger partial charge in [0.15, 0.2) is 0 Å². The molecule has 1 aliphatic heterocycles. The molecule has 1 fully saturated rings. The molecule has 2 amide bonds. The van der Waals surface area contributed by atoms with Crippen LogP contribution in [-0.4, -0.2) is 16.7 Å². The number of hydrogen-bond acceptors (Lipinski definition) is 4. The number of anilines is 1. The zero-order chi connectivity index (χ0) is 15.1. The average Bonchev–Trinajstić information content (AvgIpc) is 2.70. The van der Waals surface area contributed by atoms with E-state index in [-0.39, 0.29) is 29.3 Å². The second-order valence-corrected chi connectivity index (χ2v) is 5.49. The number of nitrogens with zero attached hydrogens (tertiary/aromatic N) is 2. The highest BCUT2D eigenvalue weighted by Crippen LogP contribution is 2.39. The number of hydrogen-bond donors (Lipinski definition) is 0. The third kappa shape index (κ3) is 2.12. The van der Waals surface area contributed by atoms with E-state index in [1.807, 2.05) is 13.0 Å². The molecular formula is C15H14N2O4. The summed E-state index contributed by atoms with van der Waals surface area (Å²) in [6.45, 7) is 1.96. The maximum atomic E-state index is 12.5. The van der Waals surface area contributed by atoms with Gasteiger partial charge >= 0.3 is 0 Å². The van der Waals surface area contributed by atoms with Crippen molar-refractivity contribution in [1.29, 1.82) is 0 Å². The van der Waals surface area contributed by atoms with Crippen molar-refractivity contribution >= 4 is 23.2 Å². The Kier molecular flexibility index (Phi) is 3.08. The smallest absolute Gasteiger partial charge is 0.269 e. The Balaban J connectivity index is 1.91. The normalized spacial score (nSPS) is 24.8. The van der Waals surface area contributed by atoms with Crippen molar-refractivity contribution in [1.82, 2.24) is 0 Å². The van der Waals surface area contributed by atoms with E-state index in [1.54, 1.807) is 0 Å². The zero-order valence-electron chi connectivity index (χ0n) is 11.5. The first-order valence-electron chi connectivity index (χ1n) is 6.77. The molecule has 108 valence electrons. The second kappa shape index (κ2) is 4.80. The third-order valence-corrected chi connectivity index (χ3v) is 4.14. The summed E-state index contributed by atoms with van der Waals surface area (Å²) in [4.78, 5) is 36.2. The molecule has 1 aromatic rings. The summed E-state index contributed by atoms with van der Waals surface area (Å²) in [5, 5.41) is 10.7. The van der Waals surface area contributed by atoms with Crippen LogP contribution in [-0.2, 0) is 9.59 Å². The molecule has 21 heavy (non-hydrogen) atoms. The van der Waals surface area contributed by atoms with Crippen LogP contribution in [0.15, 0.2) is 35.9 Å². The number of amides is 2. The predicted octanol–water partition coefficient (Wildman–Crippen LogP) is 2.44. The van der Waals surface area contributed by atoms with E-state index in [0.717, 1.165) is 5.57 Å². The van der Waals surface area contributed by atoms with Crippen LogP contribution in [0, 0.1) is 22.0 Å². The molecule has 1 heterocycles. The fourth-order valence-electron chi connectivity index (χ4n) is 3.02. The Morgan fingerprint density at radius 3 is 2.38 bits per heavy atom. The van der Waals surface area contributed by atoms with Gasteiger partial charge in [0.25, 0.3) is 5.69 Å². The summed E-state index contributed by atoms with van der Waals surface area (Å²) in [5.41, 5.74) is 1.47. The van der Waals surface area contributed by atoms with Crippen molar-refractivity contribution in [2.45, 2.75) is 19.8 Å². The van der Waals surface area contributed by atoms with E-state index in [4.69, 9.17) is 0 Å². The molecule has 0 aromatic heterocycles. The van der Waals surface area contributed by atoms with Crippen molar-refractivity contribution in [3.05, 3.63) is 46.0 Å². The maximum absolute atomic E-state index is 12.5. The Labute approximate surface area is 121 Å². The lowest BCUT2D eigenvalue weighted by molar-refractivity contribution is -0.384. The Bertz CT molecular complexity index is 663. The first kappa shape index (κ1) is 13.5.